The lowest BCUT2D eigenvalue weighted by Gasteiger charge is -2.16. The van der Waals surface area contributed by atoms with Crippen LogP contribution in [0.15, 0.2) is 36.4 Å². The maximum Gasteiger partial charge on any atom is 0.127 e. The number of hydrogen-bond acceptors (Lipinski definition) is 4. The van der Waals surface area contributed by atoms with Gasteiger partial charge < -0.3 is 19.5 Å². The van der Waals surface area contributed by atoms with E-state index >= 15 is 0 Å². The number of benzene rings is 2. The first kappa shape index (κ1) is 19.1. The topological polar surface area (TPSA) is 39.7 Å². The minimum atomic E-state index is 0.428. The van der Waals surface area contributed by atoms with E-state index < -0.39 is 0 Å². The molecule has 136 valence electrons. The van der Waals surface area contributed by atoms with Crippen LogP contribution in [0.4, 0.5) is 0 Å². The highest BCUT2D eigenvalue weighted by atomic mass is 16.5. The second-order valence-electron chi connectivity index (χ2n) is 6.40. The van der Waals surface area contributed by atoms with Crippen LogP contribution in [0.2, 0.25) is 0 Å². The molecular weight excluding hydrogens is 314 g/mol. The molecule has 0 aliphatic heterocycles. The third kappa shape index (κ3) is 5.40. The molecule has 2 aromatic carbocycles. The monoisotopic (exact) mass is 343 g/mol. The van der Waals surface area contributed by atoms with Crippen LogP contribution >= 0.6 is 0 Å². The van der Waals surface area contributed by atoms with Gasteiger partial charge in [0.25, 0.3) is 0 Å². The van der Waals surface area contributed by atoms with Gasteiger partial charge in [0.1, 0.15) is 30.5 Å². The van der Waals surface area contributed by atoms with E-state index in [-0.39, 0.29) is 0 Å². The average Bonchev–Trinajstić information content (AvgIpc) is 2.59. The normalized spacial score (nSPS) is 10.8. The Morgan fingerprint density at radius 2 is 1.68 bits per heavy atom. The highest BCUT2D eigenvalue weighted by Gasteiger charge is 2.09. The first-order valence-corrected chi connectivity index (χ1v) is 8.72. The molecule has 0 radical (unpaired) electrons. The van der Waals surface area contributed by atoms with Gasteiger partial charge in [-0.15, -0.1) is 0 Å². The Kier molecular flexibility index (Phi) is 7.14. The molecule has 2 aromatic rings. The van der Waals surface area contributed by atoms with Gasteiger partial charge in [0.15, 0.2) is 0 Å². The van der Waals surface area contributed by atoms with Gasteiger partial charge in [-0.2, -0.15) is 0 Å². The highest BCUT2D eigenvalue weighted by Crippen LogP contribution is 2.28. The van der Waals surface area contributed by atoms with Gasteiger partial charge in [0, 0.05) is 18.2 Å². The second kappa shape index (κ2) is 9.33. The summed E-state index contributed by atoms with van der Waals surface area (Å²) in [7, 11) is 3.58. The molecule has 0 bridgehead atoms. The minimum Gasteiger partial charge on any atom is -0.497 e. The van der Waals surface area contributed by atoms with E-state index in [4.69, 9.17) is 14.2 Å². The quantitative estimate of drug-likeness (QED) is 0.689. The molecule has 0 saturated carbocycles. The van der Waals surface area contributed by atoms with Crippen molar-refractivity contribution in [1.29, 1.82) is 0 Å². The van der Waals surface area contributed by atoms with Gasteiger partial charge in [0.2, 0.25) is 0 Å². The summed E-state index contributed by atoms with van der Waals surface area (Å²) in [5, 5.41) is 3.15. The van der Waals surface area contributed by atoms with Crippen LogP contribution in [0.1, 0.15) is 36.5 Å². The molecule has 4 nitrogen and oxygen atoms in total. The molecule has 0 aliphatic carbocycles. The molecule has 0 heterocycles. The van der Waals surface area contributed by atoms with Crippen molar-refractivity contribution >= 4 is 0 Å². The molecule has 0 aromatic heterocycles. The van der Waals surface area contributed by atoms with Crippen molar-refractivity contribution in [3.63, 3.8) is 0 Å². The molecule has 25 heavy (non-hydrogen) atoms. The van der Waals surface area contributed by atoms with Crippen molar-refractivity contribution in [1.82, 2.24) is 5.32 Å². The highest BCUT2D eigenvalue weighted by molar-refractivity contribution is 5.41. The molecule has 0 fully saturated rings. The lowest BCUT2D eigenvalue weighted by atomic mass is 10.0. The van der Waals surface area contributed by atoms with Gasteiger partial charge in [-0.05, 0) is 43.1 Å². The van der Waals surface area contributed by atoms with Crippen molar-refractivity contribution in [2.24, 2.45) is 0 Å². The van der Waals surface area contributed by atoms with E-state index in [0.717, 1.165) is 29.4 Å². The predicted molar refractivity (Wildman–Crippen MR) is 102 cm³/mol. The van der Waals surface area contributed by atoms with E-state index in [1.807, 2.05) is 25.2 Å². The van der Waals surface area contributed by atoms with Crippen molar-refractivity contribution in [3.05, 3.63) is 53.1 Å². The van der Waals surface area contributed by atoms with Crippen LogP contribution in [-0.4, -0.2) is 27.4 Å². The SMILES string of the molecule is CNCc1ccc(OC)cc1OCCOc1cc(C)ccc1C(C)C. The zero-order valence-corrected chi connectivity index (χ0v) is 15.9. The van der Waals surface area contributed by atoms with E-state index in [1.54, 1.807) is 7.11 Å². The summed E-state index contributed by atoms with van der Waals surface area (Å²) in [6, 6.07) is 12.2. The van der Waals surface area contributed by atoms with Crippen molar-refractivity contribution < 1.29 is 14.2 Å². The van der Waals surface area contributed by atoms with E-state index in [2.05, 4.69) is 44.3 Å². The number of hydrogen-bond donors (Lipinski definition) is 1. The minimum absolute atomic E-state index is 0.428. The van der Waals surface area contributed by atoms with Crippen LogP contribution in [0.3, 0.4) is 0 Å². The summed E-state index contributed by atoms with van der Waals surface area (Å²) in [5.41, 5.74) is 3.52. The van der Waals surface area contributed by atoms with Crippen LogP contribution in [-0.2, 0) is 6.54 Å². The summed E-state index contributed by atoms with van der Waals surface area (Å²) in [4.78, 5) is 0. The van der Waals surface area contributed by atoms with Gasteiger partial charge in [-0.25, -0.2) is 0 Å². The Morgan fingerprint density at radius 1 is 0.960 bits per heavy atom. The maximum absolute atomic E-state index is 5.99. The molecule has 0 atom stereocenters. The van der Waals surface area contributed by atoms with Crippen molar-refractivity contribution in [3.8, 4) is 17.2 Å². The summed E-state index contributed by atoms with van der Waals surface area (Å²) in [6.07, 6.45) is 0. The number of rotatable bonds is 9. The molecule has 0 aliphatic rings. The molecule has 0 amide bonds. The van der Waals surface area contributed by atoms with Crippen molar-refractivity contribution in [2.75, 3.05) is 27.4 Å². The summed E-state index contributed by atoms with van der Waals surface area (Å²) in [5.74, 6) is 2.99. The lowest BCUT2D eigenvalue weighted by molar-refractivity contribution is 0.213. The fourth-order valence-corrected chi connectivity index (χ4v) is 2.68. The van der Waals surface area contributed by atoms with E-state index in [9.17, 15) is 0 Å². The second-order valence-corrected chi connectivity index (χ2v) is 6.40. The van der Waals surface area contributed by atoms with Crippen LogP contribution in [0.5, 0.6) is 17.2 Å². The standard InChI is InChI=1S/C21H29NO3/c1-15(2)19-9-6-16(3)12-21(19)25-11-10-24-20-13-18(23-5)8-7-17(20)14-22-4/h6-9,12-13,15,22H,10-11,14H2,1-5H3. The third-order valence-electron chi connectivity index (χ3n) is 4.03. The molecule has 4 heteroatoms. The molecular formula is C21H29NO3. The Balaban J connectivity index is 1.98. The summed E-state index contributed by atoms with van der Waals surface area (Å²) >= 11 is 0. The Bertz CT molecular complexity index is 683. The largest absolute Gasteiger partial charge is 0.497 e. The fourth-order valence-electron chi connectivity index (χ4n) is 2.68. The van der Waals surface area contributed by atoms with Gasteiger partial charge in [-0.1, -0.05) is 32.0 Å². The van der Waals surface area contributed by atoms with E-state index in [0.29, 0.717) is 19.1 Å². The van der Waals surface area contributed by atoms with Gasteiger partial charge >= 0.3 is 0 Å². The van der Waals surface area contributed by atoms with Crippen LogP contribution in [0, 0.1) is 6.92 Å². The third-order valence-corrected chi connectivity index (χ3v) is 4.03. The van der Waals surface area contributed by atoms with Gasteiger partial charge in [0.05, 0.1) is 7.11 Å². The Hall–Kier alpha value is -2.20. The molecule has 1 N–H and O–H groups in total. The molecule has 2 rings (SSSR count). The Labute approximate surface area is 151 Å². The van der Waals surface area contributed by atoms with Crippen molar-refractivity contribution in [2.45, 2.75) is 33.2 Å². The first-order chi connectivity index (χ1) is 12.0. The first-order valence-electron chi connectivity index (χ1n) is 8.72. The summed E-state index contributed by atoms with van der Waals surface area (Å²) < 4.78 is 17.2. The zero-order chi connectivity index (χ0) is 18.2. The van der Waals surface area contributed by atoms with Crippen LogP contribution in [0.25, 0.3) is 0 Å². The van der Waals surface area contributed by atoms with Crippen LogP contribution < -0.4 is 19.5 Å². The fraction of sp³-hybridized carbons (Fsp3) is 0.429. The summed E-state index contributed by atoms with van der Waals surface area (Å²) in [6.45, 7) is 8.15. The smallest absolute Gasteiger partial charge is 0.127 e. The number of nitrogens with one attached hydrogen (secondary N) is 1. The lowest BCUT2D eigenvalue weighted by Crippen LogP contribution is -2.13. The predicted octanol–water partition coefficient (Wildman–Crippen LogP) is 4.30. The number of ether oxygens (including phenoxy) is 3. The molecule has 0 saturated heterocycles. The maximum atomic E-state index is 5.99. The molecule has 0 unspecified atom stereocenters. The van der Waals surface area contributed by atoms with Gasteiger partial charge in [-0.3, -0.25) is 0 Å². The number of methoxy groups -OCH3 is 1. The molecule has 0 spiro atoms. The number of aryl methyl sites for hydroxylation is 1. The Morgan fingerprint density at radius 3 is 2.32 bits per heavy atom. The van der Waals surface area contributed by atoms with E-state index in [1.165, 1.54) is 11.1 Å². The zero-order valence-electron chi connectivity index (χ0n) is 15.9. The average molecular weight is 343 g/mol.